The lowest BCUT2D eigenvalue weighted by Crippen LogP contribution is -2.67. The minimum Gasteiger partial charge on any atom is -0.497 e. The SMILES string of the molecule is COc1ccc(NC(=O)N2CCCCN3[C@@H](CCC(C)=O)[C@H](c4ccc(C#Cc5ccccc5)cc4)[C@@H]3C2)cc1. The largest absolute Gasteiger partial charge is 0.497 e. The second-order valence-electron chi connectivity index (χ2n) is 10.7. The maximum Gasteiger partial charge on any atom is 0.321 e. The summed E-state index contributed by atoms with van der Waals surface area (Å²) in [5.74, 6) is 7.73. The van der Waals surface area contributed by atoms with Crippen molar-refractivity contribution < 1.29 is 14.3 Å². The second-order valence-corrected chi connectivity index (χ2v) is 10.7. The Labute approximate surface area is 237 Å². The Morgan fingerprint density at radius 3 is 2.25 bits per heavy atom. The highest BCUT2D eigenvalue weighted by Crippen LogP contribution is 2.44. The molecule has 6 heteroatoms. The number of methoxy groups -OCH3 is 1. The van der Waals surface area contributed by atoms with Crippen LogP contribution >= 0.6 is 0 Å². The second kappa shape index (κ2) is 12.8. The molecule has 3 atom stereocenters. The van der Waals surface area contributed by atoms with Crippen molar-refractivity contribution >= 4 is 17.5 Å². The summed E-state index contributed by atoms with van der Waals surface area (Å²) >= 11 is 0. The van der Waals surface area contributed by atoms with Gasteiger partial charge >= 0.3 is 6.03 Å². The smallest absolute Gasteiger partial charge is 0.321 e. The summed E-state index contributed by atoms with van der Waals surface area (Å²) in [4.78, 5) is 29.7. The lowest BCUT2D eigenvalue weighted by Gasteiger charge is -2.58. The van der Waals surface area contributed by atoms with Gasteiger partial charge in [-0.15, -0.1) is 0 Å². The molecule has 2 aliphatic rings. The molecule has 5 rings (SSSR count). The average molecular weight is 536 g/mol. The van der Waals surface area contributed by atoms with Crippen LogP contribution in [-0.4, -0.2) is 60.4 Å². The van der Waals surface area contributed by atoms with Gasteiger partial charge in [-0.1, -0.05) is 42.2 Å². The highest BCUT2D eigenvalue weighted by atomic mass is 16.5. The summed E-state index contributed by atoms with van der Waals surface area (Å²) < 4.78 is 5.24. The molecule has 40 heavy (non-hydrogen) atoms. The summed E-state index contributed by atoms with van der Waals surface area (Å²) in [6, 6.07) is 26.4. The zero-order valence-electron chi connectivity index (χ0n) is 23.3. The zero-order valence-corrected chi connectivity index (χ0v) is 23.3. The minimum atomic E-state index is -0.0792. The van der Waals surface area contributed by atoms with Crippen molar-refractivity contribution in [1.29, 1.82) is 0 Å². The highest BCUT2D eigenvalue weighted by molar-refractivity contribution is 5.89. The number of urea groups is 1. The molecule has 0 aliphatic carbocycles. The number of nitrogens with one attached hydrogen (secondary N) is 1. The minimum absolute atomic E-state index is 0.0792. The van der Waals surface area contributed by atoms with Crippen molar-refractivity contribution in [3.63, 3.8) is 0 Å². The van der Waals surface area contributed by atoms with Gasteiger partial charge in [0.1, 0.15) is 11.5 Å². The molecule has 2 aliphatic heterocycles. The first kappa shape index (κ1) is 27.5. The van der Waals surface area contributed by atoms with Crippen LogP contribution in [0.1, 0.15) is 55.2 Å². The van der Waals surface area contributed by atoms with Gasteiger partial charge in [-0.25, -0.2) is 4.79 Å². The van der Waals surface area contributed by atoms with Gasteiger partial charge < -0.3 is 19.7 Å². The number of ether oxygens (including phenoxy) is 1. The molecular weight excluding hydrogens is 498 g/mol. The van der Waals surface area contributed by atoms with Crippen molar-refractivity contribution in [3.8, 4) is 17.6 Å². The number of rotatable bonds is 6. The molecule has 2 fully saturated rings. The van der Waals surface area contributed by atoms with Crippen molar-refractivity contribution in [2.24, 2.45) is 0 Å². The molecule has 206 valence electrons. The van der Waals surface area contributed by atoms with Crippen molar-refractivity contribution in [1.82, 2.24) is 9.80 Å². The number of anilines is 1. The quantitative estimate of drug-likeness (QED) is 0.398. The zero-order chi connectivity index (χ0) is 27.9. The number of carbonyl (C=O) groups is 2. The number of nitrogens with zero attached hydrogens (tertiary/aromatic N) is 2. The van der Waals surface area contributed by atoms with E-state index in [9.17, 15) is 9.59 Å². The van der Waals surface area contributed by atoms with Crippen LogP contribution in [0.5, 0.6) is 5.75 Å². The number of ketones is 1. The first-order valence-corrected chi connectivity index (χ1v) is 14.1. The first-order chi connectivity index (χ1) is 19.5. The Bertz CT molecular complexity index is 1360. The Morgan fingerprint density at radius 2 is 1.57 bits per heavy atom. The number of hydrogen-bond acceptors (Lipinski definition) is 4. The number of carbonyl (C=O) groups excluding carboxylic acids is 2. The van der Waals surface area contributed by atoms with E-state index in [1.165, 1.54) is 5.56 Å². The van der Waals surface area contributed by atoms with Gasteiger partial charge in [0.05, 0.1) is 7.11 Å². The molecule has 0 unspecified atom stereocenters. The predicted molar refractivity (Wildman–Crippen MR) is 159 cm³/mol. The first-order valence-electron chi connectivity index (χ1n) is 14.1. The van der Waals surface area contributed by atoms with Gasteiger partial charge in [-0.05, 0) is 86.8 Å². The lowest BCUT2D eigenvalue weighted by atomic mass is 9.72. The Kier molecular flexibility index (Phi) is 8.83. The van der Waals surface area contributed by atoms with E-state index < -0.39 is 0 Å². The van der Waals surface area contributed by atoms with E-state index in [0.717, 1.165) is 54.9 Å². The standard InChI is InChI=1S/C34H37N3O3/c1-25(38)10-21-31-33(28-15-13-27(14-16-28)12-11-26-8-4-3-5-9-26)32-24-36(22-6-7-23-37(31)32)34(39)35-29-17-19-30(40-2)20-18-29/h3-5,8-9,13-20,31-33H,6-7,10,21-24H2,1-2H3,(H,35,39)/t31-,32-,33-/m0/s1. The van der Waals surface area contributed by atoms with E-state index in [0.29, 0.717) is 19.0 Å². The topological polar surface area (TPSA) is 61.9 Å². The van der Waals surface area contributed by atoms with Crippen LogP contribution in [-0.2, 0) is 4.79 Å². The Morgan fingerprint density at radius 1 is 0.900 bits per heavy atom. The Balaban J connectivity index is 1.34. The fraction of sp³-hybridized carbons (Fsp3) is 0.353. The molecule has 6 nitrogen and oxygen atoms in total. The summed E-state index contributed by atoms with van der Waals surface area (Å²) in [7, 11) is 1.63. The fourth-order valence-electron chi connectivity index (χ4n) is 5.93. The summed E-state index contributed by atoms with van der Waals surface area (Å²) in [6.45, 7) is 4.05. The van der Waals surface area contributed by atoms with Crippen LogP contribution in [0.3, 0.4) is 0 Å². The molecular formula is C34H37N3O3. The van der Waals surface area contributed by atoms with Crippen LogP contribution in [0.2, 0.25) is 0 Å². The van der Waals surface area contributed by atoms with Gasteiger partial charge in [0.25, 0.3) is 0 Å². The van der Waals surface area contributed by atoms with E-state index >= 15 is 0 Å². The van der Waals surface area contributed by atoms with E-state index in [-0.39, 0.29) is 23.8 Å². The number of Topliss-reactive ketones (excluding diaryl/α,β-unsaturated/α-hetero) is 1. The normalized spacial score (nSPS) is 20.6. The molecule has 0 saturated carbocycles. The van der Waals surface area contributed by atoms with Gasteiger partial charge in [0.15, 0.2) is 0 Å². The van der Waals surface area contributed by atoms with Crippen molar-refractivity contribution in [3.05, 3.63) is 95.6 Å². The molecule has 2 saturated heterocycles. The summed E-state index contributed by atoms with van der Waals surface area (Å²) in [6.07, 6.45) is 3.40. The maximum absolute atomic E-state index is 13.3. The van der Waals surface area contributed by atoms with Crippen LogP contribution in [0.25, 0.3) is 0 Å². The molecule has 0 spiro atoms. The molecule has 0 bridgehead atoms. The van der Waals surface area contributed by atoms with Gasteiger partial charge in [0, 0.05) is 54.3 Å². The molecule has 0 aromatic heterocycles. The van der Waals surface area contributed by atoms with Crippen molar-refractivity contribution in [2.75, 3.05) is 32.1 Å². The predicted octanol–water partition coefficient (Wildman–Crippen LogP) is 5.93. The third-order valence-corrected chi connectivity index (χ3v) is 8.02. The van der Waals surface area contributed by atoms with E-state index in [1.54, 1.807) is 14.0 Å². The highest BCUT2D eigenvalue weighted by Gasteiger charge is 2.49. The van der Waals surface area contributed by atoms with E-state index in [4.69, 9.17) is 4.74 Å². The van der Waals surface area contributed by atoms with E-state index in [1.807, 2.05) is 59.5 Å². The molecule has 3 aromatic carbocycles. The number of benzene rings is 3. The molecule has 2 heterocycles. The maximum atomic E-state index is 13.3. The number of hydrogen-bond donors (Lipinski definition) is 1. The monoisotopic (exact) mass is 535 g/mol. The lowest BCUT2D eigenvalue weighted by molar-refractivity contribution is -0.118. The third kappa shape index (κ3) is 6.55. The Hall–Kier alpha value is -4.08. The molecule has 2 amide bonds. The molecule has 0 radical (unpaired) electrons. The average Bonchev–Trinajstić information content (AvgIpc) is 2.96. The number of amides is 2. The fourth-order valence-corrected chi connectivity index (χ4v) is 5.93. The molecule has 1 N–H and O–H groups in total. The van der Waals surface area contributed by atoms with Crippen LogP contribution in [0.4, 0.5) is 10.5 Å². The molecule has 3 aromatic rings. The van der Waals surface area contributed by atoms with E-state index in [2.05, 4.69) is 46.3 Å². The summed E-state index contributed by atoms with van der Waals surface area (Å²) in [5, 5.41) is 3.06. The van der Waals surface area contributed by atoms with Crippen LogP contribution in [0, 0.1) is 11.8 Å². The van der Waals surface area contributed by atoms with Gasteiger partial charge in [-0.2, -0.15) is 0 Å². The number of fused-ring (bicyclic) bond motifs is 1. The van der Waals surface area contributed by atoms with Crippen LogP contribution in [0.15, 0.2) is 78.9 Å². The van der Waals surface area contributed by atoms with Gasteiger partial charge in [-0.3, -0.25) is 4.90 Å². The third-order valence-electron chi connectivity index (χ3n) is 8.02. The summed E-state index contributed by atoms with van der Waals surface area (Å²) in [5.41, 5.74) is 3.97. The van der Waals surface area contributed by atoms with Crippen molar-refractivity contribution in [2.45, 2.75) is 50.6 Å². The van der Waals surface area contributed by atoms with Crippen LogP contribution < -0.4 is 10.1 Å². The van der Waals surface area contributed by atoms with Gasteiger partial charge in [0.2, 0.25) is 0 Å².